The van der Waals surface area contributed by atoms with Crippen LogP contribution in [-0.4, -0.2) is 47.4 Å². The maximum absolute atomic E-state index is 13.3. The Morgan fingerprint density at radius 2 is 1.92 bits per heavy atom. The summed E-state index contributed by atoms with van der Waals surface area (Å²) >= 11 is 1.37. The van der Waals surface area contributed by atoms with Gasteiger partial charge >= 0.3 is 0 Å². The first kappa shape index (κ1) is 24.4. The molecule has 0 spiro atoms. The van der Waals surface area contributed by atoms with Crippen molar-refractivity contribution in [2.45, 2.75) is 51.1 Å². The van der Waals surface area contributed by atoms with Crippen LogP contribution in [0, 0.1) is 12.8 Å². The first-order chi connectivity index (χ1) is 17.0. The fraction of sp³-hybridized carbons (Fsp3) is 0.360. The highest BCUT2D eigenvalue weighted by Gasteiger charge is 2.41. The molecule has 3 heterocycles. The van der Waals surface area contributed by atoms with Crippen LogP contribution in [0.1, 0.15) is 48.3 Å². The Labute approximate surface area is 213 Å². The molecule has 1 fully saturated rings. The van der Waals surface area contributed by atoms with E-state index in [-0.39, 0.29) is 22.8 Å². The number of aromatic nitrogens is 2. The number of nitrogens with zero attached hydrogens (tertiary/aromatic N) is 3. The number of hydrogen-bond acceptors (Lipinski definition) is 8. The van der Waals surface area contributed by atoms with E-state index in [0.29, 0.717) is 40.4 Å². The molecule has 1 aliphatic carbocycles. The molecular weight excluding hydrogens is 498 g/mol. The third-order valence-electron chi connectivity index (χ3n) is 6.54. The smallest absolute Gasteiger partial charge is 0.256 e. The molecule has 3 aromatic rings. The summed E-state index contributed by atoms with van der Waals surface area (Å²) in [5.41, 5.74) is 2.48. The number of hydrogen-bond donors (Lipinski definition) is 2. The first-order valence-electron chi connectivity index (χ1n) is 11.7. The van der Waals surface area contributed by atoms with Crippen LogP contribution in [0.5, 0.6) is 0 Å². The van der Waals surface area contributed by atoms with Crippen LogP contribution in [0.25, 0.3) is 10.4 Å². The number of carbonyl (C=O) groups is 2. The van der Waals surface area contributed by atoms with Crippen molar-refractivity contribution >= 4 is 49.8 Å². The van der Waals surface area contributed by atoms with Crippen LogP contribution < -0.4 is 10.6 Å². The Kier molecular flexibility index (Phi) is 6.08. The molecule has 1 aromatic carbocycles. The molecule has 188 valence electrons. The van der Waals surface area contributed by atoms with Crippen LogP contribution in [-0.2, 0) is 21.2 Å². The van der Waals surface area contributed by atoms with E-state index in [1.165, 1.54) is 18.3 Å². The number of thiazole rings is 1. The lowest BCUT2D eigenvalue weighted by Gasteiger charge is -2.24. The molecule has 2 aromatic heterocycles. The fourth-order valence-corrected chi connectivity index (χ4v) is 6.50. The number of anilines is 3. The molecule has 9 nitrogen and oxygen atoms in total. The lowest BCUT2D eigenvalue weighted by Crippen LogP contribution is -2.35. The first-order valence-corrected chi connectivity index (χ1v) is 14.4. The van der Waals surface area contributed by atoms with Crippen molar-refractivity contribution < 1.29 is 18.0 Å². The molecule has 2 aliphatic rings. The van der Waals surface area contributed by atoms with Gasteiger partial charge in [0.25, 0.3) is 5.91 Å². The second kappa shape index (κ2) is 8.97. The fourth-order valence-electron chi connectivity index (χ4n) is 4.61. The topological polar surface area (TPSA) is 121 Å². The molecule has 2 amide bonds. The van der Waals surface area contributed by atoms with Gasteiger partial charge in [0, 0.05) is 25.8 Å². The Bertz CT molecular complexity index is 1490. The average molecular weight is 526 g/mol. The van der Waals surface area contributed by atoms with Gasteiger partial charge in [0.1, 0.15) is 11.6 Å². The molecule has 11 heteroatoms. The molecule has 1 aliphatic heterocycles. The molecule has 0 unspecified atom stereocenters. The molecule has 5 rings (SSSR count). The minimum absolute atomic E-state index is 0.0671. The Morgan fingerprint density at radius 3 is 2.58 bits per heavy atom. The lowest BCUT2D eigenvalue weighted by molar-refractivity contribution is -0.114. The van der Waals surface area contributed by atoms with Gasteiger partial charge in [0.15, 0.2) is 15.0 Å². The molecule has 1 saturated carbocycles. The quantitative estimate of drug-likeness (QED) is 0.470. The summed E-state index contributed by atoms with van der Waals surface area (Å²) < 4.78 is 25.5. The second-order valence-corrected chi connectivity index (χ2v) is 12.4. The summed E-state index contributed by atoms with van der Waals surface area (Å²) in [5.74, 6) is 1.01. The van der Waals surface area contributed by atoms with Gasteiger partial charge in [-0.25, -0.2) is 18.4 Å². The van der Waals surface area contributed by atoms with E-state index in [1.807, 2.05) is 19.9 Å². The van der Waals surface area contributed by atoms with Crippen molar-refractivity contribution in [3.8, 4) is 10.4 Å². The van der Waals surface area contributed by atoms with E-state index in [2.05, 4.69) is 20.6 Å². The molecule has 0 radical (unpaired) electrons. The number of fused-ring (bicyclic) bond motifs is 1. The zero-order chi connectivity index (χ0) is 25.8. The summed E-state index contributed by atoms with van der Waals surface area (Å²) in [5, 5.41) is 6.39. The standard InChI is InChI=1S/C25H27N5O4S2/c1-13-23(35-25(26-13)29-21-7-5-6-20(28-21)27-15(3)31)17-10-18-12-30(14(2)16-8-9-16)24(32)22(18)19(11-17)36(4,33)34/h5-7,10-11,14,16H,8-9,12H2,1-4H3,(H2,26,27,28,29,31)/t14-/m0/s1. The van der Waals surface area contributed by atoms with Crippen LogP contribution in [0.4, 0.5) is 16.8 Å². The second-order valence-electron chi connectivity index (χ2n) is 9.44. The van der Waals surface area contributed by atoms with Crippen molar-refractivity contribution in [3.63, 3.8) is 0 Å². The van der Waals surface area contributed by atoms with Gasteiger partial charge in [0.05, 0.1) is 21.0 Å². The molecule has 0 bridgehead atoms. The van der Waals surface area contributed by atoms with Crippen LogP contribution in [0.15, 0.2) is 35.2 Å². The minimum atomic E-state index is -3.64. The van der Waals surface area contributed by atoms with Gasteiger partial charge in [-0.05, 0) is 68.0 Å². The monoisotopic (exact) mass is 525 g/mol. The highest BCUT2D eigenvalue weighted by atomic mass is 32.2. The predicted molar refractivity (Wildman–Crippen MR) is 139 cm³/mol. The number of aryl methyl sites for hydroxylation is 1. The summed E-state index contributed by atoms with van der Waals surface area (Å²) in [7, 11) is -3.64. The summed E-state index contributed by atoms with van der Waals surface area (Å²) in [6.07, 6.45) is 3.35. The van der Waals surface area contributed by atoms with Gasteiger partial charge in [-0.2, -0.15) is 0 Å². The van der Waals surface area contributed by atoms with E-state index in [0.717, 1.165) is 35.2 Å². The number of sulfone groups is 1. The van der Waals surface area contributed by atoms with Crippen molar-refractivity contribution in [1.29, 1.82) is 0 Å². The van der Waals surface area contributed by atoms with Crippen molar-refractivity contribution in [1.82, 2.24) is 14.9 Å². The number of carbonyl (C=O) groups excluding carboxylic acids is 2. The van der Waals surface area contributed by atoms with Crippen molar-refractivity contribution in [2.75, 3.05) is 16.9 Å². The Morgan fingerprint density at radius 1 is 1.19 bits per heavy atom. The maximum atomic E-state index is 13.3. The third-order valence-corrected chi connectivity index (χ3v) is 8.78. The summed E-state index contributed by atoms with van der Waals surface area (Å²) in [6, 6.07) is 8.82. The third kappa shape index (κ3) is 4.72. The largest absolute Gasteiger partial charge is 0.331 e. The summed E-state index contributed by atoms with van der Waals surface area (Å²) in [4.78, 5) is 36.2. The number of amides is 2. The van der Waals surface area contributed by atoms with E-state index in [4.69, 9.17) is 0 Å². The number of rotatable bonds is 7. The van der Waals surface area contributed by atoms with E-state index in [9.17, 15) is 18.0 Å². The zero-order valence-electron chi connectivity index (χ0n) is 20.5. The zero-order valence-corrected chi connectivity index (χ0v) is 22.1. The molecule has 0 saturated heterocycles. The average Bonchev–Trinajstić information content (AvgIpc) is 3.51. The van der Waals surface area contributed by atoms with Crippen LogP contribution in [0.3, 0.4) is 0 Å². The summed E-state index contributed by atoms with van der Waals surface area (Å²) in [6.45, 7) is 5.73. The van der Waals surface area contributed by atoms with E-state index >= 15 is 0 Å². The number of pyridine rings is 1. The molecule has 1 atom stereocenters. The van der Waals surface area contributed by atoms with Gasteiger partial charge in [-0.1, -0.05) is 17.4 Å². The normalized spacial score (nSPS) is 16.1. The van der Waals surface area contributed by atoms with Gasteiger partial charge in [-0.3, -0.25) is 9.59 Å². The minimum Gasteiger partial charge on any atom is -0.331 e. The Balaban J connectivity index is 1.49. The van der Waals surface area contributed by atoms with E-state index < -0.39 is 9.84 Å². The Hall–Kier alpha value is -3.31. The predicted octanol–water partition coefficient (Wildman–Crippen LogP) is 4.37. The van der Waals surface area contributed by atoms with Crippen molar-refractivity contribution in [2.24, 2.45) is 5.92 Å². The van der Waals surface area contributed by atoms with Gasteiger partial charge < -0.3 is 15.5 Å². The van der Waals surface area contributed by atoms with E-state index in [1.54, 1.807) is 29.2 Å². The molecule has 2 N–H and O–H groups in total. The maximum Gasteiger partial charge on any atom is 0.256 e. The molecular formula is C25H27N5O4S2. The molecule has 36 heavy (non-hydrogen) atoms. The number of benzene rings is 1. The van der Waals surface area contributed by atoms with Crippen LogP contribution >= 0.6 is 11.3 Å². The van der Waals surface area contributed by atoms with Crippen molar-refractivity contribution in [3.05, 3.63) is 47.2 Å². The highest BCUT2D eigenvalue weighted by molar-refractivity contribution is 7.90. The SMILES string of the molecule is CC(=O)Nc1cccc(Nc2nc(C)c(-c3cc4c(c(S(C)(=O)=O)c3)C(=O)N([C@@H](C)C3CC3)C4)s2)n1. The number of nitrogens with one attached hydrogen (secondary N) is 2. The van der Waals surface area contributed by atoms with Gasteiger partial charge in [0.2, 0.25) is 5.91 Å². The highest BCUT2D eigenvalue weighted by Crippen LogP contribution is 2.42. The van der Waals surface area contributed by atoms with Crippen LogP contribution in [0.2, 0.25) is 0 Å². The van der Waals surface area contributed by atoms with Gasteiger partial charge in [-0.15, -0.1) is 0 Å². The lowest BCUT2D eigenvalue weighted by atomic mass is 10.0.